The van der Waals surface area contributed by atoms with Crippen LogP contribution in [0.5, 0.6) is 5.75 Å². The minimum Gasteiger partial charge on any atom is -0.489 e. The fourth-order valence-electron chi connectivity index (χ4n) is 3.64. The number of halogens is 3. The van der Waals surface area contributed by atoms with Gasteiger partial charge in [-0.05, 0) is 36.3 Å². The van der Waals surface area contributed by atoms with Crippen molar-refractivity contribution in [3.63, 3.8) is 0 Å². The van der Waals surface area contributed by atoms with Crippen molar-refractivity contribution >= 4 is 22.8 Å². The summed E-state index contributed by atoms with van der Waals surface area (Å²) in [6, 6.07) is 11.1. The Hall–Kier alpha value is -3.53. The van der Waals surface area contributed by atoms with Crippen LogP contribution in [0.1, 0.15) is 41.0 Å². The van der Waals surface area contributed by atoms with E-state index in [2.05, 4.69) is 23.7 Å². The van der Waals surface area contributed by atoms with Crippen LogP contribution in [0.3, 0.4) is 0 Å². The molecule has 2 aromatic carbocycles. The van der Waals surface area contributed by atoms with Crippen molar-refractivity contribution in [3.8, 4) is 5.75 Å². The molecule has 0 atom stereocenters. The van der Waals surface area contributed by atoms with Crippen LogP contribution in [0.15, 0.2) is 42.5 Å². The quantitative estimate of drug-likeness (QED) is 0.328. The molecule has 34 heavy (non-hydrogen) atoms. The predicted molar refractivity (Wildman–Crippen MR) is 125 cm³/mol. The molecular weight excluding hydrogens is 447 g/mol. The Morgan fingerprint density at radius 1 is 1.12 bits per heavy atom. The molecule has 0 aliphatic heterocycles. The number of aromatic amines is 1. The van der Waals surface area contributed by atoms with E-state index in [4.69, 9.17) is 15.9 Å². The van der Waals surface area contributed by atoms with Crippen molar-refractivity contribution in [1.29, 1.82) is 5.41 Å². The van der Waals surface area contributed by atoms with Gasteiger partial charge in [-0.1, -0.05) is 38.1 Å². The van der Waals surface area contributed by atoms with Gasteiger partial charge in [-0.3, -0.25) is 20.0 Å². The molecule has 0 bridgehead atoms. The number of carbonyl (C=O) groups is 1. The highest BCUT2D eigenvalue weighted by Crippen LogP contribution is 2.38. The molecule has 0 radical (unpaired) electrons. The zero-order valence-corrected chi connectivity index (χ0v) is 19.3. The van der Waals surface area contributed by atoms with Gasteiger partial charge in [0.1, 0.15) is 18.1 Å². The normalized spacial score (nSPS) is 11.7. The number of guanidine groups is 1. The first-order chi connectivity index (χ1) is 16.0. The van der Waals surface area contributed by atoms with Crippen molar-refractivity contribution < 1.29 is 22.7 Å². The first-order valence-corrected chi connectivity index (χ1v) is 10.8. The highest BCUT2D eigenvalue weighted by molar-refractivity contribution is 6.06. The van der Waals surface area contributed by atoms with Crippen molar-refractivity contribution in [2.24, 2.45) is 5.73 Å². The molecule has 0 aliphatic carbocycles. The third kappa shape index (κ3) is 5.51. The van der Waals surface area contributed by atoms with E-state index in [0.29, 0.717) is 6.54 Å². The van der Waals surface area contributed by atoms with Gasteiger partial charge in [-0.25, -0.2) is 0 Å². The van der Waals surface area contributed by atoms with Gasteiger partial charge in [0.05, 0.1) is 11.1 Å². The van der Waals surface area contributed by atoms with Crippen LogP contribution in [0.4, 0.5) is 13.2 Å². The lowest BCUT2D eigenvalue weighted by Crippen LogP contribution is -2.38. The molecule has 0 saturated carbocycles. The van der Waals surface area contributed by atoms with Crippen LogP contribution >= 0.6 is 0 Å². The molecule has 182 valence electrons. The lowest BCUT2D eigenvalue weighted by molar-refractivity contribution is -0.136. The number of nitrogens with two attached hydrogens (primary N) is 1. The smallest absolute Gasteiger partial charge is 0.417 e. The summed E-state index contributed by atoms with van der Waals surface area (Å²) in [6.07, 6.45) is -4.66. The number of benzene rings is 2. The second-order valence-corrected chi connectivity index (χ2v) is 7.88. The summed E-state index contributed by atoms with van der Waals surface area (Å²) < 4.78 is 47.3. The summed E-state index contributed by atoms with van der Waals surface area (Å²) >= 11 is 0. The van der Waals surface area contributed by atoms with Crippen LogP contribution in [-0.2, 0) is 19.3 Å². The number of aromatic nitrogens is 1. The summed E-state index contributed by atoms with van der Waals surface area (Å²) in [5.41, 5.74) is 6.31. The van der Waals surface area contributed by atoms with Gasteiger partial charge in [0.2, 0.25) is 0 Å². The standard InChI is InChI=1S/C24H28F3N5O2/c1-4-32(5-2)13-15-8-6-7-9-16(15)14-34-17-10-19(24(25,26)27)18-12-21(30-20(18)11-17)22(33)31(3)23(28)29/h6-12,30H,4-5,13-14H2,1-3H3,(H3,28,29). The molecule has 1 aromatic heterocycles. The van der Waals surface area contributed by atoms with Crippen molar-refractivity contribution in [2.45, 2.75) is 33.2 Å². The zero-order valence-electron chi connectivity index (χ0n) is 19.3. The van der Waals surface area contributed by atoms with Gasteiger partial charge in [0.25, 0.3) is 5.91 Å². The average Bonchev–Trinajstić information content (AvgIpc) is 3.23. The highest BCUT2D eigenvalue weighted by atomic mass is 19.4. The van der Waals surface area contributed by atoms with E-state index in [0.717, 1.165) is 41.2 Å². The summed E-state index contributed by atoms with van der Waals surface area (Å²) in [6.45, 7) is 6.71. The number of alkyl halides is 3. The Morgan fingerprint density at radius 2 is 1.76 bits per heavy atom. The fraction of sp³-hybridized carbons (Fsp3) is 0.333. The Kier molecular flexibility index (Phi) is 7.51. The number of amides is 1. The monoisotopic (exact) mass is 475 g/mol. The molecule has 0 fully saturated rings. The molecule has 1 amide bonds. The van der Waals surface area contributed by atoms with Gasteiger partial charge >= 0.3 is 6.18 Å². The van der Waals surface area contributed by atoms with Crippen LogP contribution in [-0.4, -0.2) is 46.8 Å². The van der Waals surface area contributed by atoms with Gasteiger partial charge < -0.3 is 15.5 Å². The molecule has 3 rings (SSSR count). The molecule has 7 nitrogen and oxygen atoms in total. The van der Waals surface area contributed by atoms with E-state index in [-0.39, 0.29) is 29.0 Å². The lowest BCUT2D eigenvalue weighted by atomic mass is 10.1. The number of rotatable bonds is 8. The number of H-pyrrole nitrogens is 1. The van der Waals surface area contributed by atoms with Crippen molar-refractivity contribution in [2.75, 3.05) is 20.1 Å². The Labute approximate surface area is 195 Å². The molecule has 0 unspecified atom stereocenters. The third-order valence-corrected chi connectivity index (χ3v) is 5.71. The molecule has 0 aliphatic rings. The maximum absolute atomic E-state index is 13.8. The van der Waals surface area contributed by atoms with Gasteiger partial charge in [0, 0.05) is 25.0 Å². The topological polar surface area (TPSA) is 98.4 Å². The minimum atomic E-state index is -4.66. The van der Waals surface area contributed by atoms with Crippen molar-refractivity contribution in [3.05, 3.63) is 64.8 Å². The van der Waals surface area contributed by atoms with Gasteiger partial charge in [-0.2, -0.15) is 13.2 Å². The second-order valence-electron chi connectivity index (χ2n) is 7.88. The SMILES string of the molecule is CCN(CC)Cc1ccccc1COc1cc(C(F)(F)F)c2cc(C(=O)N(C)C(=N)N)[nH]c2c1. The van der Waals surface area contributed by atoms with Crippen LogP contribution in [0.2, 0.25) is 0 Å². The lowest BCUT2D eigenvalue weighted by Gasteiger charge is -2.20. The van der Waals surface area contributed by atoms with Gasteiger partial charge in [0.15, 0.2) is 5.96 Å². The number of ether oxygens (including phenoxy) is 1. The predicted octanol–water partition coefficient (Wildman–Crippen LogP) is 4.57. The maximum Gasteiger partial charge on any atom is 0.417 e. The maximum atomic E-state index is 13.8. The number of nitrogens with one attached hydrogen (secondary N) is 2. The van der Waals surface area contributed by atoms with Crippen LogP contribution in [0.25, 0.3) is 10.9 Å². The number of hydrogen-bond acceptors (Lipinski definition) is 4. The molecule has 1 heterocycles. The minimum absolute atomic E-state index is 0.0261. The van der Waals surface area contributed by atoms with Crippen LogP contribution < -0.4 is 10.5 Å². The zero-order chi connectivity index (χ0) is 25.0. The van der Waals surface area contributed by atoms with E-state index >= 15 is 0 Å². The molecule has 0 spiro atoms. The molecular formula is C24H28F3N5O2. The van der Waals surface area contributed by atoms with E-state index in [1.165, 1.54) is 13.1 Å². The average molecular weight is 476 g/mol. The first kappa shape index (κ1) is 25.1. The Bertz CT molecular complexity index is 1190. The summed E-state index contributed by atoms with van der Waals surface area (Å²) in [5, 5.41) is 7.21. The number of hydrogen-bond donors (Lipinski definition) is 3. The Morgan fingerprint density at radius 3 is 2.35 bits per heavy atom. The van der Waals surface area contributed by atoms with E-state index in [1.807, 2.05) is 24.3 Å². The Balaban J connectivity index is 1.94. The van der Waals surface area contributed by atoms with Crippen molar-refractivity contribution in [1.82, 2.24) is 14.8 Å². The largest absolute Gasteiger partial charge is 0.489 e. The molecule has 10 heteroatoms. The molecule has 4 N–H and O–H groups in total. The number of fused-ring (bicyclic) bond motifs is 1. The summed E-state index contributed by atoms with van der Waals surface area (Å²) in [4.78, 5) is 18.2. The highest BCUT2D eigenvalue weighted by Gasteiger charge is 2.34. The number of carbonyl (C=O) groups excluding carboxylic acids is 1. The summed E-state index contributed by atoms with van der Waals surface area (Å²) in [5.74, 6) is -1.21. The van der Waals surface area contributed by atoms with E-state index < -0.39 is 23.6 Å². The van der Waals surface area contributed by atoms with Crippen LogP contribution in [0, 0.1) is 5.41 Å². The van der Waals surface area contributed by atoms with Gasteiger partial charge in [-0.15, -0.1) is 0 Å². The first-order valence-electron chi connectivity index (χ1n) is 10.8. The molecule has 3 aromatic rings. The van der Waals surface area contributed by atoms with E-state index in [1.54, 1.807) is 0 Å². The molecule has 0 saturated heterocycles. The summed E-state index contributed by atoms with van der Waals surface area (Å²) in [7, 11) is 1.27. The third-order valence-electron chi connectivity index (χ3n) is 5.71. The van der Waals surface area contributed by atoms with E-state index in [9.17, 15) is 18.0 Å². The fourth-order valence-corrected chi connectivity index (χ4v) is 3.64. The second kappa shape index (κ2) is 10.2. The number of nitrogens with zero attached hydrogens (tertiary/aromatic N) is 2.